The van der Waals surface area contributed by atoms with Crippen LogP contribution in [0.15, 0.2) is 0 Å². The zero-order chi connectivity index (χ0) is 15.9. The first-order valence-corrected chi connectivity index (χ1v) is 6.53. The molecule has 0 aromatic rings. The minimum absolute atomic E-state index is 0.130. The summed E-state index contributed by atoms with van der Waals surface area (Å²) < 4.78 is 4.56. The maximum Gasteiger partial charge on any atom is 0.325 e. The van der Waals surface area contributed by atoms with Crippen molar-refractivity contribution in [3.63, 3.8) is 0 Å². The van der Waals surface area contributed by atoms with Crippen LogP contribution < -0.4 is 0 Å². The van der Waals surface area contributed by atoms with E-state index in [4.69, 9.17) is 5.11 Å². The molecule has 0 rings (SSSR count). The number of carboxylic acid groups (broad SMARTS) is 1. The fraction of sp³-hybridized carbons (Fsp3) is 0.769. The van der Waals surface area contributed by atoms with Gasteiger partial charge in [0.1, 0.15) is 13.1 Å². The van der Waals surface area contributed by atoms with Crippen molar-refractivity contribution in [3.8, 4) is 0 Å². The highest BCUT2D eigenvalue weighted by molar-refractivity contribution is 5.84. The third kappa shape index (κ3) is 6.40. The first-order valence-electron chi connectivity index (χ1n) is 6.53. The van der Waals surface area contributed by atoms with Crippen molar-refractivity contribution in [1.29, 1.82) is 0 Å². The second-order valence-electron chi connectivity index (χ2n) is 5.25. The molecule has 0 atom stereocenters. The van der Waals surface area contributed by atoms with Crippen molar-refractivity contribution in [1.82, 2.24) is 9.80 Å². The van der Waals surface area contributed by atoms with Gasteiger partial charge in [-0.25, -0.2) is 4.79 Å². The summed E-state index contributed by atoms with van der Waals surface area (Å²) in [6.07, 6.45) is 0. The number of ether oxygens (including phenoxy) is 1. The van der Waals surface area contributed by atoms with Crippen molar-refractivity contribution < 1.29 is 24.2 Å². The summed E-state index contributed by atoms with van der Waals surface area (Å²) >= 11 is 0. The number of carbonyl (C=O) groups excluding carboxylic acids is 2. The van der Waals surface area contributed by atoms with Crippen LogP contribution in [0.2, 0.25) is 0 Å². The van der Waals surface area contributed by atoms with E-state index in [1.54, 1.807) is 13.8 Å². The molecule has 0 aliphatic carbocycles. The molecule has 0 aromatic carbocycles. The van der Waals surface area contributed by atoms with E-state index in [-0.39, 0.29) is 25.0 Å². The number of rotatable bonds is 7. The van der Waals surface area contributed by atoms with Crippen LogP contribution in [-0.2, 0) is 14.3 Å². The molecule has 0 aromatic heterocycles. The van der Waals surface area contributed by atoms with Crippen molar-refractivity contribution in [2.45, 2.75) is 33.7 Å². The van der Waals surface area contributed by atoms with E-state index >= 15 is 0 Å². The highest BCUT2D eigenvalue weighted by atomic mass is 16.5. The summed E-state index contributed by atoms with van der Waals surface area (Å²) in [7, 11) is 1.24. The van der Waals surface area contributed by atoms with Gasteiger partial charge in [-0.3, -0.25) is 9.59 Å². The van der Waals surface area contributed by atoms with E-state index < -0.39 is 18.0 Å². The van der Waals surface area contributed by atoms with Gasteiger partial charge < -0.3 is 19.6 Å². The summed E-state index contributed by atoms with van der Waals surface area (Å²) in [5.74, 6) is -1.49. The van der Waals surface area contributed by atoms with Gasteiger partial charge >= 0.3 is 18.0 Å². The summed E-state index contributed by atoms with van der Waals surface area (Å²) in [5, 5.41) is 8.89. The zero-order valence-electron chi connectivity index (χ0n) is 12.8. The van der Waals surface area contributed by atoms with Crippen molar-refractivity contribution in [2.75, 3.05) is 26.7 Å². The van der Waals surface area contributed by atoms with Gasteiger partial charge in [0.2, 0.25) is 0 Å². The quantitative estimate of drug-likeness (QED) is 0.707. The second kappa shape index (κ2) is 8.39. The summed E-state index contributed by atoms with van der Waals surface area (Å²) in [4.78, 5) is 37.1. The highest BCUT2D eigenvalue weighted by Gasteiger charge is 2.27. The third-order valence-electron chi connectivity index (χ3n) is 2.58. The molecule has 0 bridgehead atoms. The molecule has 7 heteroatoms. The maximum atomic E-state index is 12.4. The molecular weight excluding hydrogens is 264 g/mol. The van der Waals surface area contributed by atoms with E-state index in [1.807, 2.05) is 13.8 Å². The van der Waals surface area contributed by atoms with Gasteiger partial charge in [0.05, 0.1) is 7.11 Å². The fourth-order valence-corrected chi connectivity index (χ4v) is 1.67. The molecule has 1 N–H and O–H groups in total. The topological polar surface area (TPSA) is 87.2 Å². The highest BCUT2D eigenvalue weighted by Crippen LogP contribution is 2.08. The van der Waals surface area contributed by atoms with Gasteiger partial charge in [-0.15, -0.1) is 0 Å². The number of nitrogens with zero attached hydrogens (tertiary/aromatic N) is 2. The predicted octanol–water partition coefficient (Wildman–Crippen LogP) is 1.03. The molecule has 20 heavy (non-hydrogen) atoms. The van der Waals surface area contributed by atoms with Gasteiger partial charge in [0.25, 0.3) is 0 Å². The molecule has 0 aliphatic heterocycles. The average molecular weight is 288 g/mol. The van der Waals surface area contributed by atoms with Gasteiger partial charge in [0, 0.05) is 12.6 Å². The van der Waals surface area contributed by atoms with Crippen LogP contribution in [-0.4, -0.2) is 65.7 Å². The molecule has 7 nitrogen and oxygen atoms in total. The monoisotopic (exact) mass is 288 g/mol. The summed E-state index contributed by atoms with van der Waals surface area (Å²) in [5.41, 5.74) is 0. The van der Waals surface area contributed by atoms with Crippen LogP contribution in [0, 0.1) is 5.92 Å². The number of carboxylic acids is 1. The van der Waals surface area contributed by atoms with Crippen molar-refractivity contribution in [3.05, 3.63) is 0 Å². The number of hydrogen-bond acceptors (Lipinski definition) is 4. The Morgan fingerprint density at radius 2 is 1.65 bits per heavy atom. The molecule has 0 radical (unpaired) electrons. The van der Waals surface area contributed by atoms with E-state index in [2.05, 4.69) is 4.74 Å². The molecule has 0 spiro atoms. The number of amides is 2. The van der Waals surface area contributed by atoms with E-state index in [0.29, 0.717) is 6.54 Å². The van der Waals surface area contributed by atoms with Gasteiger partial charge in [0.15, 0.2) is 0 Å². The van der Waals surface area contributed by atoms with Crippen LogP contribution in [0.3, 0.4) is 0 Å². The lowest BCUT2D eigenvalue weighted by Gasteiger charge is -2.32. The molecule has 0 unspecified atom stereocenters. The Balaban J connectivity index is 5.03. The number of urea groups is 1. The van der Waals surface area contributed by atoms with E-state index in [1.165, 1.54) is 16.9 Å². The molecule has 0 saturated carbocycles. The minimum atomic E-state index is -1.08. The number of hydrogen-bond donors (Lipinski definition) is 1. The first-order chi connectivity index (χ1) is 9.18. The Labute approximate surface area is 119 Å². The lowest BCUT2D eigenvalue weighted by molar-refractivity contribution is -0.141. The second-order valence-corrected chi connectivity index (χ2v) is 5.25. The Morgan fingerprint density at radius 3 is 2.00 bits per heavy atom. The number of methoxy groups -OCH3 is 1. The Kier molecular flexibility index (Phi) is 7.64. The van der Waals surface area contributed by atoms with Crippen molar-refractivity contribution in [2.24, 2.45) is 5.92 Å². The van der Waals surface area contributed by atoms with Gasteiger partial charge in [-0.2, -0.15) is 0 Å². The Hall–Kier alpha value is -1.79. The fourth-order valence-electron chi connectivity index (χ4n) is 1.67. The Morgan fingerprint density at radius 1 is 1.10 bits per heavy atom. The predicted molar refractivity (Wildman–Crippen MR) is 73.3 cm³/mol. The molecule has 0 saturated heterocycles. The molecular formula is C13H24N2O5. The van der Waals surface area contributed by atoms with Crippen LogP contribution in [0.5, 0.6) is 0 Å². The number of esters is 1. The molecule has 0 fully saturated rings. The maximum absolute atomic E-state index is 12.4. The van der Waals surface area contributed by atoms with Crippen LogP contribution in [0.4, 0.5) is 4.79 Å². The van der Waals surface area contributed by atoms with E-state index in [0.717, 1.165) is 0 Å². The zero-order valence-corrected chi connectivity index (χ0v) is 12.8. The summed E-state index contributed by atoms with van der Waals surface area (Å²) in [6.45, 7) is 7.03. The lowest BCUT2D eigenvalue weighted by Crippen LogP contribution is -2.51. The normalized spacial score (nSPS) is 10.6. The molecule has 0 aliphatic rings. The van der Waals surface area contributed by atoms with Crippen LogP contribution >= 0.6 is 0 Å². The SMILES string of the molecule is COC(=O)CN(C(=O)N(CC(=O)O)CC(C)C)C(C)C. The van der Waals surface area contributed by atoms with Gasteiger partial charge in [-0.05, 0) is 19.8 Å². The standard InChI is InChI=1S/C13H24N2O5/c1-9(2)6-14(7-11(16)17)13(19)15(10(3)4)8-12(18)20-5/h9-10H,6-8H2,1-5H3,(H,16,17). The third-order valence-corrected chi connectivity index (χ3v) is 2.58. The number of carbonyl (C=O) groups is 3. The smallest absolute Gasteiger partial charge is 0.325 e. The minimum Gasteiger partial charge on any atom is -0.480 e. The summed E-state index contributed by atoms with van der Waals surface area (Å²) in [6, 6.07) is -0.702. The first kappa shape index (κ1) is 18.2. The van der Waals surface area contributed by atoms with Crippen LogP contribution in [0.1, 0.15) is 27.7 Å². The largest absolute Gasteiger partial charge is 0.480 e. The molecule has 2 amide bonds. The van der Waals surface area contributed by atoms with Crippen molar-refractivity contribution >= 4 is 18.0 Å². The number of aliphatic carboxylic acids is 1. The molecule has 0 heterocycles. The lowest BCUT2D eigenvalue weighted by atomic mass is 10.2. The van der Waals surface area contributed by atoms with E-state index in [9.17, 15) is 14.4 Å². The Bertz CT molecular complexity index is 355. The van der Waals surface area contributed by atoms with Crippen LogP contribution in [0.25, 0.3) is 0 Å². The van der Waals surface area contributed by atoms with Gasteiger partial charge in [-0.1, -0.05) is 13.8 Å². The molecule has 116 valence electrons. The average Bonchev–Trinajstić information content (AvgIpc) is 2.32.